The number of nitrogens with one attached hydrogen (secondary N) is 1. The smallest absolute Gasteiger partial charge is 0.326 e. The average molecular weight is 436 g/mol. The summed E-state index contributed by atoms with van der Waals surface area (Å²) < 4.78 is 11.2. The molecule has 2 atom stereocenters. The Morgan fingerprint density at radius 3 is 2.25 bits per heavy atom. The van der Waals surface area contributed by atoms with Gasteiger partial charge in [0.05, 0.1) is 5.92 Å². The zero-order chi connectivity index (χ0) is 22.7. The maximum Gasteiger partial charge on any atom is 0.326 e. The van der Waals surface area contributed by atoms with Crippen LogP contribution in [0.25, 0.3) is 0 Å². The number of benzene rings is 2. The Morgan fingerprint density at radius 2 is 1.56 bits per heavy atom. The predicted molar refractivity (Wildman–Crippen MR) is 120 cm³/mol. The molecule has 6 heteroatoms. The summed E-state index contributed by atoms with van der Waals surface area (Å²) in [6, 6.07) is 12.6. The van der Waals surface area contributed by atoms with E-state index < -0.39 is 29.7 Å². The van der Waals surface area contributed by atoms with Crippen molar-refractivity contribution in [1.82, 2.24) is 0 Å². The van der Waals surface area contributed by atoms with E-state index in [1.54, 1.807) is 24.3 Å². The first kappa shape index (κ1) is 22.1. The number of anilines is 1. The third-order valence-electron chi connectivity index (χ3n) is 6.40. The van der Waals surface area contributed by atoms with Gasteiger partial charge >= 0.3 is 11.9 Å². The van der Waals surface area contributed by atoms with Gasteiger partial charge in [0.1, 0.15) is 11.9 Å². The van der Waals surface area contributed by atoms with Gasteiger partial charge in [0.25, 0.3) is 0 Å². The SMILES string of the molecule is Cc1cccc(C)c1NC(=O)C1c2ccccc2OC(=O)C1C(=O)OC1CCCCCC1. The van der Waals surface area contributed by atoms with Gasteiger partial charge in [0, 0.05) is 11.3 Å². The summed E-state index contributed by atoms with van der Waals surface area (Å²) in [5.41, 5.74) is 3.01. The summed E-state index contributed by atoms with van der Waals surface area (Å²) in [7, 11) is 0. The van der Waals surface area contributed by atoms with Crippen LogP contribution in [0.3, 0.4) is 0 Å². The molecule has 2 aromatic rings. The number of aryl methyl sites for hydroxylation is 2. The van der Waals surface area contributed by atoms with Crippen molar-refractivity contribution in [3.63, 3.8) is 0 Å². The second-order valence-corrected chi connectivity index (χ2v) is 8.72. The van der Waals surface area contributed by atoms with Crippen LogP contribution in [0, 0.1) is 19.8 Å². The second kappa shape index (κ2) is 9.55. The third-order valence-corrected chi connectivity index (χ3v) is 6.40. The number of carbonyl (C=O) groups is 3. The van der Waals surface area contributed by atoms with Crippen LogP contribution >= 0.6 is 0 Å². The van der Waals surface area contributed by atoms with E-state index in [4.69, 9.17) is 9.47 Å². The molecular formula is C26H29NO5. The van der Waals surface area contributed by atoms with Gasteiger partial charge in [-0.05, 0) is 56.7 Å². The van der Waals surface area contributed by atoms with E-state index in [1.165, 1.54) is 0 Å². The molecule has 168 valence electrons. The molecule has 1 heterocycles. The highest BCUT2D eigenvalue weighted by Crippen LogP contribution is 2.40. The van der Waals surface area contributed by atoms with E-state index in [1.807, 2.05) is 32.0 Å². The van der Waals surface area contributed by atoms with Gasteiger partial charge in [-0.25, -0.2) is 0 Å². The molecule has 1 saturated carbocycles. The van der Waals surface area contributed by atoms with Crippen LogP contribution in [-0.2, 0) is 19.1 Å². The van der Waals surface area contributed by atoms with Crippen molar-refractivity contribution < 1.29 is 23.9 Å². The minimum absolute atomic E-state index is 0.225. The van der Waals surface area contributed by atoms with E-state index in [0.29, 0.717) is 17.0 Å². The predicted octanol–water partition coefficient (Wildman–Crippen LogP) is 4.83. The molecule has 1 aliphatic heterocycles. The molecule has 2 unspecified atom stereocenters. The van der Waals surface area contributed by atoms with Gasteiger partial charge in [-0.2, -0.15) is 0 Å². The van der Waals surface area contributed by atoms with Crippen LogP contribution in [0.2, 0.25) is 0 Å². The number of carbonyl (C=O) groups excluding carboxylic acids is 3. The fraction of sp³-hybridized carbons (Fsp3) is 0.423. The Hall–Kier alpha value is -3.15. The molecule has 0 bridgehead atoms. The summed E-state index contributed by atoms with van der Waals surface area (Å²) in [6.45, 7) is 3.81. The van der Waals surface area contributed by atoms with Crippen molar-refractivity contribution in [3.8, 4) is 5.75 Å². The largest absolute Gasteiger partial charge is 0.462 e. The lowest BCUT2D eigenvalue weighted by Gasteiger charge is -2.31. The topological polar surface area (TPSA) is 81.7 Å². The summed E-state index contributed by atoms with van der Waals surface area (Å²) >= 11 is 0. The molecule has 32 heavy (non-hydrogen) atoms. The lowest BCUT2D eigenvalue weighted by atomic mass is 9.82. The van der Waals surface area contributed by atoms with Gasteiger partial charge < -0.3 is 14.8 Å². The van der Waals surface area contributed by atoms with Crippen LogP contribution < -0.4 is 10.1 Å². The summed E-state index contributed by atoms with van der Waals surface area (Å²) in [6.07, 6.45) is 5.56. The average Bonchev–Trinajstić information content (AvgIpc) is 3.03. The van der Waals surface area contributed by atoms with Crippen molar-refractivity contribution in [3.05, 3.63) is 59.2 Å². The van der Waals surface area contributed by atoms with E-state index in [0.717, 1.165) is 49.7 Å². The Morgan fingerprint density at radius 1 is 0.906 bits per heavy atom. The van der Waals surface area contributed by atoms with Crippen LogP contribution in [0.5, 0.6) is 5.75 Å². The highest BCUT2D eigenvalue weighted by atomic mass is 16.6. The molecule has 1 fully saturated rings. The number of hydrogen-bond donors (Lipinski definition) is 1. The lowest BCUT2D eigenvalue weighted by Crippen LogP contribution is -2.44. The van der Waals surface area contributed by atoms with Gasteiger partial charge in [-0.3, -0.25) is 14.4 Å². The highest BCUT2D eigenvalue weighted by molar-refractivity contribution is 6.08. The summed E-state index contributed by atoms with van der Waals surface area (Å²) in [5.74, 6) is -3.91. The number of hydrogen-bond acceptors (Lipinski definition) is 5. The fourth-order valence-electron chi connectivity index (χ4n) is 4.65. The number of esters is 2. The number of ether oxygens (including phenoxy) is 2. The molecule has 1 amide bonds. The first-order valence-electron chi connectivity index (χ1n) is 11.3. The molecule has 0 spiro atoms. The van der Waals surface area contributed by atoms with E-state index >= 15 is 0 Å². The van der Waals surface area contributed by atoms with Crippen molar-refractivity contribution in [2.24, 2.45) is 5.92 Å². The highest BCUT2D eigenvalue weighted by Gasteiger charge is 2.48. The van der Waals surface area contributed by atoms with Crippen molar-refractivity contribution in [1.29, 1.82) is 0 Å². The van der Waals surface area contributed by atoms with E-state index in [2.05, 4.69) is 5.32 Å². The number of amides is 1. The summed E-state index contributed by atoms with van der Waals surface area (Å²) in [4.78, 5) is 39.6. The normalized spacial score (nSPS) is 21.1. The van der Waals surface area contributed by atoms with Crippen LogP contribution in [0.4, 0.5) is 5.69 Å². The van der Waals surface area contributed by atoms with Gasteiger partial charge in [0.15, 0.2) is 5.92 Å². The molecular weight excluding hydrogens is 406 g/mol. The maximum absolute atomic E-state index is 13.5. The Kier molecular flexibility index (Phi) is 6.58. The van der Waals surface area contributed by atoms with Gasteiger partial charge in [0.2, 0.25) is 5.91 Å². The monoisotopic (exact) mass is 435 g/mol. The molecule has 1 N–H and O–H groups in total. The fourth-order valence-corrected chi connectivity index (χ4v) is 4.65. The third kappa shape index (κ3) is 4.54. The van der Waals surface area contributed by atoms with Crippen LogP contribution in [0.15, 0.2) is 42.5 Å². The summed E-state index contributed by atoms with van der Waals surface area (Å²) in [5, 5.41) is 2.95. The zero-order valence-corrected chi connectivity index (χ0v) is 18.6. The minimum Gasteiger partial charge on any atom is -0.462 e. The zero-order valence-electron chi connectivity index (χ0n) is 18.6. The second-order valence-electron chi connectivity index (χ2n) is 8.72. The molecule has 2 aliphatic rings. The molecule has 0 saturated heterocycles. The quantitative estimate of drug-likeness (QED) is 0.322. The van der Waals surface area contributed by atoms with Crippen LogP contribution in [0.1, 0.15) is 61.1 Å². The van der Waals surface area contributed by atoms with Crippen LogP contribution in [-0.4, -0.2) is 23.9 Å². The molecule has 4 rings (SSSR count). The minimum atomic E-state index is -1.34. The molecule has 2 aromatic carbocycles. The molecule has 0 radical (unpaired) electrons. The van der Waals surface area contributed by atoms with E-state index in [-0.39, 0.29) is 6.10 Å². The number of para-hydroxylation sites is 2. The van der Waals surface area contributed by atoms with E-state index in [9.17, 15) is 14.4 Å². The van der Waals surface area contributed by atoms with Gasteiger partial charge in [-0.15, -0.1) is 0 Å². The number of rotatable bonds is 4. The van der Waals surface area contributed by atoms with Gasteiger partial charge in [-0.1, -0.05) is 49.2 Å². The first-order chi connectivity index (χ1) is 15.5. The lowest BCUT2D eigenvalue weighted by molar-refractivity contribution is -0.165. The standard InChI is InChI=1S/C26H29NO5/c1-16-10-9-11-17(2)23(16)27-24(28)21-19-14-7-8-15-20(19)32-26(30)22(21)25(29)31-18-12-5-3-4-6-13-18/h7-11,14-15,18,21-22H,3-6,12-13H2,1-2H3,(H,27,28). The molecule has 0 aromatic heterocycles. The van der Waals surface area contributed by atoms with Crippen molar-refractivity contribution in [2.75, 3.05) is 5.32 Å². The first-order valence-corrected chi connectivity index (χ1v) is 11.3. The molecule has 1 aliphatic carbocycles. The van der Waals surface area contributed by atoms with Crippen molar-refractivity contribution >= 4 is 23.5 Å². The Bertz CT molecular complexity index is 1000. The Balaban J connectivity index is 1.65. The van der Waals surface area contributed by atoms with Crippen molar-refractivity contribution in [2.45, 2.75) is 64.4 Å². The Labute approximate surface area is 188 Å². The maximum atomic E-state index is 13.5. The molecule has 6 nitrogen and oxygen atoms in total. The number of fused-ring (bicyclic) bond motifs is 1.